The van der Waals surface area contributed by atoms with Gasteiger partial charge in [-0.25, -0.2) is 19.2 Å². The molecule has 0 unspecified atom stereocenters. The lowest BCUT2D eigenvalue weighted by molar-refractivity contribution is 0.111. The van der Waals surface area contributed by atoms with E-state index in [1.165, 1.54) is 0 Å². The van der Waals surface area contributed by atoms with Gasteiger partial charge in [-0.05, 0) is 0 Å². The van der Waals surface area contributed by atoms with Gasteiger partial charge in [0.1, 0.15) is 0 Å². The zero-order valence-corrected chi connectivity index (χ0v) is 7.84. The normalized spacial score (nSPS) is 8.53. The number of hydrogen-bond acceptors (Lipinski definition) is 6. The summed E-state index contributed by atoms with van der Waals surface area (Å²) in [6.45, 7) is 0. The Morgan fingerprint density at radius 3 is 1.47 bits per heavy atom. The number of ether oxygens (including phenoxy) is 2. The van der Waals surface area contributed by atoms with Gasteiger partial charge >= 0.3 is 24.5 Å². The summed E-state index contributed by atoms with van der Waals surface area (Å²) in [6, 6.07) is 0. The lowest BCUT2D eigenvalue weighted by atomic mass is 11.2. The van der Waals surface area contributed by atoms with E-state index in [0.29, 0.717) is 0 Å². The SMILES string of the molecule is O=C(O)OC(=O)NPNC(=O)OC(=O)O. The summed E-state index contributed by atoms with van der Waals surface area (Å²) in [5, 5.41) is 19.5. The van der Waals surface area contributed by atoms with Gasteiger partial charge in [0, 0.05) is 0 Å². The zero-order chi connectivity index (χ0) is 11.8. The summed E-state index contributed by atoms with van der Waals surface area (Å²) >= 11 is 0. The van der Waals surface area contributed by atoms with E-state index in [0.717, 1.165) is 0 Å². The second kappa shape index (κ2) is 6.38. The van der Waals surface area contributed by atoms with Crippen LogP contribution >= 0.6 is 8.88 Å². The van der Waals surface area contributed by atoms with Crippen molar-refractivity contribution in [1.29, 1.82) is 0 Å². The van der Waals surface area contributed by atoms with Crippen molar-refractivity contribution < 1.29 is 38.9 Å². The fourth-order valence-electron chi connectivity index (χ4n) is 0.343. The molecule has 0 spiro atoms. The zero-order valence-electron chi connectivity index (χ0n) is 6.84. The molecule has 0 fully saturated rings. The smallest absolute Gasteiger partial charge is 0.449 e. The lowest BCUT2D eigenvalue weighted by Crippen LogP contribution is -2.26. The Balaban J connectivity index is 3.61. The maximum atomic E-state index is 10.4. The molecule has 0 rings (SSSR count). The summed E-state index contributed by atoms with van der Waals surface area (Å²) < 4.78 is 7.16. The first kappa shape index (κ1) is 12.9. The Bertz CT molecular complexity index is 262. The highest BCUT2D eigenvalue weighted by Crippen LogP contribution is 1.97. The summed E-state index contributed by atoms with van der Waals surface area (Å²) in [5.41, 5.74) is 0. The van der Waals surface area contributed by atoms with E-state index in [1.807, 2.05) is 0 Å². The second-order valence-electron chi connectivity index (χ2n) is 1.69. The molecular formula is C4H5N2O8P. The number of carbonyl (C=O) groups excluding carboxylic acids is 2. The van der Waals surface area contributed by atoms with Crippen molar-refractivity contribution >= 4 is 33.4 Å². The van der Waals surface area contributed by atoms with Crippen LogP contribution in [0.2, 0.25) is 0 Å². The third-order valence-corrected chi connectivity index (χ3v) is 1.35. The van der Waals surface area contributed by atoms with Gasteiger partial charge in [0.25, 0.3) is 0 Å². The molecule has 0 aromatic carbocycles. The predicted molar refractivity (Wildman–Crippen MR) is 43.6 cm³/mol. The predicted octanol–water partition coefficient (Wildman–Crippen LogP) is 0.303. The first-order valence-corrected chi connectivity index (χ1v) is 4.08. The van der Waals surface area contributed by atoms with Gasteiger partial charge in [0.2, 0.25) is 0 Å². The Hall–Kier alpha value is -2.09. The van der Waals surface area contributed by atoms with Crippen LogP contribution in [-0.2, 0) is 9.47 Å². The number of nitrogens with one attached hydrogen (secondary N) is 2. The van der Waals surface area contributed by atoms with E-state index in [2.05, 4.69) is 9.47 Å². The van der Waals surface area contributed by atoms with Crippen LogP contribution in [0, 0.1) is 0 Å². The first-order chi connectivity index (χ1) is 6.91. The molecule has 2 amide bonds. The fraction of sp³-hybridized carbons (Fsp3) is 0. The van der Waals surface area contributed by atoms with Crippen LogP contribution in [0.4, 0.5) is 19.2 Å². The van der Waals surface area contributed by atoms with Gasteiger partial charge in [0.15, 0.2) is 0 Å². The molecule has 10 nitrogen and oxygen atoms in total. The highest BCUT2D eigenvalue weighted by atomic mass is 31.1. The molecule has 0 radical (unpaired) electrons. The Labute approximate surface area is 83.4 Å². The van der Waals surface area contributed by atoms with Crippen molar-refractivity contribution in [3.05, 3.63) is 0 Å². The summed E-state index contributed by atoms with van der Waals surface area (Å²) in [4.78, 5) is 40.4. The Kier molecular flexibility index (Phi) is 5.49. The number of amides is 2. The van der Waals surface area contributed by atoms with E-state index >= 15 is 0 Å². The molecule has 0 atom stereocenters. The van der Waals surface area contributed by atoms with E-state index in [-0.39, 0.29) is 0 Å². The molecule has 0 aromatic rings. The van der Waals surface area contributed by atoms with E-state index in [4.69, 9.17) is 10.2 Å². The second-order valence-corrected chi connectivity index (χ2v) is 2.44. The monoisotopic (exact) mass is 240 g/mol. The minimum Gasteiger partial charge on any atom is -0.449 e. The highest BCUT2D eigenvalue weighted by Gasteiger charge is 2.10. The summed E-state index contributed by atoms with van der Waals surface area (Å²) in [5.74, 6) is 0. The van der Waals surface area contributed by atoms with Gasteiger partial charge in [-0.2, -0.15) is 0 Å². The van der Waals surface area contributed by atoms with Crippen LogP contribution in [-0.4, -0.2) is 34.7 Å². The topological polar surface area (TPSA) is 151 Å². The molecule has 4 N–H and O–H groups in total. The molecule has 0 aliphatic carbocycles. The van der Waals surface area contributed by atoms with Crippen molar-refractivity contribution in [2.75, 3.05) is 0 Å². The van der Waals surface area contributed by atoms with Crippen molar-refractivity contribution in [2.45, 2.75) is 0 Å². The molecule has 0 bridgehead atoms. The van der Waals surface area contributed by atoms with Crippen molar-refractivity contribution in [2.24, 2.45) is 0 Å². The van der Waals surface area contributed by atoms with Gasteiger partial charge < -0.3 is 19.7 Å². The molecule has 0 aromatic heterocycles. The molecule has 0 saturated carbocycles. The summed E-state index contributed by atoms with van der Waals surface area (Å²) in [7, 11) is -0.784. The third kappa shape index (κ3) is 8.25. The molecule has 0 saturated heterocycles. The van der Waals surface area contributed by atoms with Gasteiger partial charge in [-0.15, -0.1) is 0 Å². The van der Waals surface area contributed by atoms with Crippen LogP contribution in [0.3, 0.4) is 0 Å². The van der Waals surface area contributed by atoms with E-state index < -0.39 is 33.4 Å². The largest absolute Gasteiger partial charge is 0.514 e. The molecule has 11 heteroatoms. The molecule has 0 heterocycles. The van der Waals surface area contributed by atoms with Crippen molar-refractivity contribution in [3.63, 3.8) is 0 Å². The van der Waals surface area contributed by atoms with Crippen molar-refractivity contribution in [3.8, 4) is 0 Å². The molecule has 0 aliphatic heterocycles. The minimum absolute atomic E-state index is 0.784. The quantitative estimate of drug-likeness (QED) is 0.305. The van der Waals surface area contributed by atoms with E-state index in [9.17, 15) is 19.2 Å². The van der Waals surface area contributed by atoms with Gasteiger partial charge in [0.05, 0.1) is 8.88 Å². The minimum atomic E-state index is -1.81. The number of carbonyl (C=O) groups is 4. The first-order valence-electron chi connectivity index (χ1n) is 3.08. The van der Waals surface area contributed by atoms with Crippen LogP contribution in [0.15, 0.2) is 0 Å². The fourth-order valence-corrected chi connectivity index (χ4v) is 0.712. The van der Waals surface area contributed by atoms with Crippen LogP contribution in [0.25, 0.3) is 0 Å². The number of hydrogen-bond donors (Lipinski definition) is 4. The van der Waals surface area contributed by atoms with Gasteiger partial charge in [-0.1, -0.05) is 0 Å². The standard InChI is InChI=1S/C4H5N2O8P/c7-1(13-3(9)10)5-15-6-2(8)14-4(11)12/h15H,(H,5,7)(H,6,8)(H,9,10)(H,11,12). The maximum absolute atomic E-state index is 10.4. The maximum Gasteiger partial charge on any atom is 0.514 e. The lowest BCUT2D eigenvalue weighted by Gasteiger charge is -2.03. The number of rotatable bonds is 2. The Morgan fingerprint density at radius 2 is 1.20 bits per heavy atom. The Morgan fingerprint density at radius 1 is 0.867 bits per heavy atom. The van der Waals surface area contributed by atoms with Crippen LogP contribution < -0.4 is 10.2 Å². The molecule has 15 heavy (non-hydrogen) atoms. The molecular weight excluding hydrogens is 235 g/mol. The summed E-state index contributed by atoms with van der Waals surface area (Å²) in [6.07, 6.45) is -6.25. The van der Waals surface area contributed by atoms with Gasteiger partial charge in [-0.3, -0.25) is 10.2 Å². The van der Waals surface area contributed by atoms with Crippen LogP contribution in [0.1, 0.15) is 0 Å². The number of carboxylic acid groups (broad SMARTS) is 2. The van der Waals surface area contributed by atoms with Crippen molar-refractivity contribution in [1.82, 2.24) is 10.2 Å². The van der Waals surface area contributed by atoms with Crippen LogP contribution in [0.5, 0.6) is 0 Å². The molecule has 0 aliphatic rings. The average Bonchev–Trinajstić information content (AvgIpc) is 2.00. The van der Waals surface area contributed by atoms with E-state index in [1.54, 1.807) is 10.2 Å². The average molecular weight is 240 g/mol. The molecule has 84 valence electrons. The highest BCUT2D eigenvalue weighted by molar-refractivity contribution is 7.35. The third-order valence-electron chi connectivity index (χ3n) is 0.689.